The Labute approximate surface area is 83.3 Å². The van der Waals surface area contributed by atoms with Crippen molar-refractivity contribution in [2.75, 3.05) is 6.61 Å². The van der Waals surface area contributed by atoms with E-state index in [-0.39, 0.29) is 18.9 Å². The Bertz CT molecular complexity index is 219. The zero-order chi connectivity index (χ0) is 10.8. The lowest BCUT2D eigenvalue weighted by atomic mass is 9.78. The van der Waals surface area contributed by atoms with Gasteiger partial charge in [0.05, 0.1) is 12.7 Å². The number of esters is 1. The third-order valence-electron chi connectivity index (χ3n) is 2.72. The maximum Gasteiger partial charge on any atom is 0.346 e. The quantitative estimate of drug-likeness (QED) is 0.692. The summed E-state index contributed by atoms with van der Waals surface area (Å²) >= 11 is 0. The van der Waals surface area contributed by atoms with E-state index in [4.69, 9.17) is 0 Å². The van der Waals surface area contributed by atoms with Gasteiger partial charge in [-0.25, -0.2) is 9.18 Å². The summed E-state index contributed by atoms with van der Waals surface area (Å²) in [5, 5.41) is 9.47. The minimum atomic E-state index is -2.19. The zero-order valence-electron chi connectivity index (χ0n) is 8.62. The van der Waals surface area contributed by atoms with Crippen LogP contribution in [0.1, 0.15) is 33.1 Å². The van der Waals surface area contributed by atoms with Crippen LogP contribution >= 0.6 is 0 Å². The average Bonchev–Trinajstić information content (AvgIpc) is 2.12. The molecule has 0 aromatic carbocycles. The molecule has 1 aliphatic rings. The number of carbonyl (C=O) groups excluding carboxylic acids is 1. The molecule has 1 aliphatic carbocycles. The first-order valence-corrected chi connectivity index (χ1v) is 5.05. The molecule has 0 saturated heterocycles. The first kappa shape index (κ1) is 11.4. The number of ether oxygens (including phenoxy) is 1. The van der Waals surface area contributed by atoms with Gasteiger partial charge in [-0.1, -0.05) is 6.92 Å². The molecule has 0 radical (unpaired) electrons. The van der Waals surface area contributed by atoms with Crippen LogP contribution in [-0.4, -0.2) is 29.5 Å². The lowest BCUT2D eigenvalue weighted by Crippen LogP contribution is -2.50. The summed E-state index contributed by atoms with van der Waals surface area (Å²) in [7, 11) is 0. The van der Waals surface area contributed by atoms with Crippen molar-refractivity contribution >= 4 is 5.97 Å². The fourth-order valence-electron chi connectivity index (χ4n) is 1.89. The highest BCUT2D eigenvalue weighted by atomic mass is 19.1. The number of alkyl halides is 1. The summed E-state index contributed by atoms with van der Waals surface area (Å²) < 4.78 is 18.7. The minimum absolute atomic E-state index is 0.0625. The van der Waals surface area contributed by atoms with Gasteiger partial charge < -0.3 is 9.84 Å². The molecule has 3 unspecified atom stereocenters. The van der Waals surface area contributed by atoms with Gasteiger partial charge in [-0.15, -0.1) is 0 Å². The summed E-state index contributed by atoms with van der Waals surface area (Å²) in [4.78, 5) is 11.3. The monoisotopic (exact) mass is 204 g/mol. The zero-order valence-corrected chi connectivity index (χ0v) is 8.62. The van der Waals surface area contributed by atoms with E-state index in [9.17, 15) is 14.3 Å². The van der Waals surface area contributed by atoms with E-state index in [1.54, 1.807) is 6.92 Å². The maximum atomic E-state index is 14.1. The lowest BCUT2D eigenvalue weighted by molar-refractivity contribution is -0.171. The van der Waals surface area contributed by atoms with Gasteiger partial charge in [0.1, 0.15) is 0 Å². The Morgan fingerprint density at radius 1 is 1.64 bits per heavy atom. The molecule has 14 heavy (non-hydrogen) atoms. The normalized spacial score (nSPS) is 38.0. The third-order valence-corrected chi connectivity index (χ3v) is 2.72. The number of hydrogen-bond acceptors (Lipinski definition) is 3. The van der Waals surface area contributed by atoms with E-state index in [2.05, 4.69) is 4.74 Å². The SMILES string of the molecule is CCOC(=O)C1(F)CC(C)CCC1O. The molecule has 0 aliphatic heterocycles. The topological polar surface area (TPSA) is 46.5 Å². The minimum Gasteiger partial charge on any atom is -0.464 e. The molecule has 3 nitrogen and oxygen atoms in total. The number of aliphatic hydroxyl groups is 1. The van der Waals surface area contributed by atoms with Crippen molar-refractivity contribution < 1.29 is 19.0 Å². The molecule has 0 bridgehead atoms. The van der Waals surface area contributed by atoms with Crippen molar-refractivity contribution in [3.63, 3.8) is 0 Å². The smallest absolute Gasteiger partial charge is 0.346 e. The Morgan fingerprint density at radius 2 is 2.29 bits per heavy atom. The van der Waals surface area contributed by atoms with Gasteiger partial charge in [0.15, 0.2) is 0 Å². The Hall–Kier alpha value is -0.640. The standard InChI is InChI=1S/C10H17FO3/c1-3-14-9(13)10(11)6-7(2)4-5-8(10)12/h7-8,12H,3-6H2,1-2H3. The van der Waals surface area contributed by atoms with Gasteiger partial charge in [0.25, 0.3) is 0 Å². The predicted molar refractivity (Wildman–Crippen MR) is 49.5 cm³/mol. The summed E-state index contributed by atoms with van der Waals surface area (Å²) in [6.07, 6.45) is -0.0619. The van der Waals surface area contributed by atoms with Gasteiger partial charge in [0, 0.05) is 0 Å². The molecule has 0 heterocycles. The van der Waals surface area contributed by atoms with E-state index in [0.29, 0.717) is 6.42 Å². The van der Waals surface area contributed by atoms with Gasteiger partial charge in [-0.2, -0.15) is 0 Å². The fourth-order valence-corrected chi connectivity index (χ4v) is 1.89. The van der Waals surface area contributed by atoms with Crippen LogP contribution in [-0.2, 0) is 9.53 Å². The van der Waals surface area contributed by atoms with Crippen LogP contribution in [0.2, 0.25) is 0 Å². The molecule has 3 atom stereocenters. The molecule has 0 spiro atoms. The van der Waals surface area contributed by atoms with Crippen LogP contribution in [0, 0.1) is 5.92 Å². The van der Waals surface area contributed by atoms with E-state index >= 15 is 0 Å². The van der Waals surface area contributed by atoms with Crippen LogP contribution in [0.15, 0.2) is 0 Å². The van der Waals surface area contributed by atoms with Crippen LogP contribution in [0.3, 0.4) is 0 Å². The largest absolute Gasteiger partial charge is 0.464 e. The van der Waals surface area contributed by atoms with Crippen molar-refractivity contribution in [3.8, 4) is 0 Å². The molecule has 1 N–H and O–H groups in total. The highest BCUT2D eigenvalue weighted by Gasteiger charge is 2.50. The second kappa shape index (κ2) is 4.26. The molecule has 0 aromatic rings. The lowest BCUT2D eigenvalue weighted by Gasteiger charge is -2.35. The summed E-state index contributed by atoms with van der Waals surface area (Å²) in [5.41, 5.74) is -2.19. The number of halogens is 1. The van der Waals surface area contributed by atoms with Crippen LogP contribution in [0.25, 0.3) is 0 Å². The second-order valence-electron chi connectivity index (χ2n) is 3.99. The van der Waals surface area contributed by atoms with Crippen molar-refractivity contribution in [1.82, 2.24) is 0 Å². The average molecular weight is 204 g/mol. The molecule has 0 aromatic heterocycles. The van der Waals surface area contributed by atoms with Crippen LogP contribution < -0.4 is 0 Å². The van der Waals surface area contributed by atoms with Gasteiger partial charge in [-0.05, 0) is 32.1 Å². The fraction of sp³-hybridized carbons (Fsp3) is 0.900. The highest BCUT2D eigenvalue weighted by molar-refractivity contribution is 5.80. The maximum absolute atomic E-state index is 14.1. The number of carbonyl (C=O) groups is 1. The van der Waals surface area contributed by atoms with Crippen molar-refractivity contribution in [1.29, 1.82) is 0 Å². The van der Waals surface area contributed by atoms with E-state index in [1.807, 2.05) is 6.92 Å². The van der Waals surface area contributed by atoms with Gasteiger partial charge >= 0.3 is 5.97 Å². The van der Waals surface area contributed by atoms with E-state index in [0.717, 1.165) is 6.42 Å². The summed E-state index contributed by atoms with van der Waals surface area (Å²) in [5.74, 6) is -0.799. The van der Waals surface area contributed by atoms with E-state index in [1.165, 1.54) is 0 Å². The predicted octanol–water partition coefficient (Wildman–Crippen LogP) is 1.44. The van der Waals surface area contributed by atoms with Crippen LogP contribution in [0.5, 0.6) is 0 Å². The molecule has 4 heteroatoms. The highest BCUT2D eigenvalue weighted by Crippen LogP contribution is 2.36. The molecular formula is C10H17FO3. The summed E-state index contributed by atoms with van der Waals surface area (Å²) in [6, 6.07) is 0. The van der Waals surface area contributed by atoms with Crippen molar-refractivity contribution in [3.05, 3.63) is 0 Å². The van der Waals surface area contributed by atoms with E-state index < -0.39 is 17.7 Å². The first-order chi connectivity index (χ1) is 6.50. The number of hydrogen-bond donors (Lipinski definition) is 1. The first-order valence-electron chi connectivity index (χ1n) is 5.05. The molecule has 1 rings (SSSR count). The molecular weight excluding hydrogens is 187 g/mol. The molecule has 0 amide bonds. The molecule has 1 saturated carbocycles. The number of rotatable bonds is 2. The van der Waals surface area contributed by atoms with Crippen molar-refractivity contribution in [2.24, 2.45) is 5.92 Å². The van der Waals surface area contributed by atoms with Crippen molar-refractivity contribution in [2.45, 2.75) is 44.9 Å². The van der Waals surface area contributed by atoms with Gasteiger partial charge in [0.2, 0.25) is 5.67 Å². The Balaban J connectivity index is 2.72. The van der Waals surface area contributed by atoms with Crippen LogP contribution in [0.4, 0.5) is 4.39 Å². The van der Waals surface area contributed by atoms with Gasteiger partial charge in [-0.3, -0.25) is 0 Å². The third kappa shape index (κ3) is 2.05. The number of aliphatic hydroxyl groups excluding tert-OH is 1. The summed E-state index contributed by atoms with van der Waals surface area (Å²) in [6.45, 7) is 3.64. The molecule has 1 fully saturated rings. The Morgan fingerprint density at radius 3 is 2.86 bits per heavy atom. The molecule has 82 valence electrons. The Kier molecular flexibility index (Phi) is 3.48. The second-order valence-corrected chi connectivity index (χ2v) is 3.99.